The van der Waals surface area contributed by atoms with Gasteiger partial charge < -0.3 is 9.64 Å². The molecule has 1 aromatic heterocycles. The van der Waals surface area contributed by atoms with E-state index in [1.807, 2.05) is 0 Å². The Labute approximate surface area is 202 Å². The molecule has 35 heavy (non-hydrogen) atoms. The third-order valence-electron chi connectivity index (χ3n) is 6.06. The van der Waals surface area contributed by atoms with E-state index in [0.29, 0.717) is 29.9 Å². The molecule has 0 radical (unpaired) electrons. The molecule has 2 heterocycles. The molecule has 1 fully saturated rings. The first-order valence-electron chi connectivity index (χ1n) is 11.5. The molecule has 5 rings (SSSR count). The zero-order valence-electron chi connectivity index (χ0n) is 19.1. The van der Waals surface area contributed by atoms with Crippen LogP contribution in [0.1, 0.15) is 27.0 Å². The van der Waals surface area contributed by atoms with Gasteiger partial charge in [-0.05, 0) is 41.5 Å². The number of ether oxygens (including phenoxy) is 1. The largest absolute Gasteiger partial charge is 0.378 e. The first-order valence-corrected chi connectivity index (χ1v) is 11.5. The number of rotatable bonds is 7. The number of nitrogens with zero attached hydrogens (tertiary/aromatic N) is 3. The van der Waals surface area contributed by atoms with E-state index in [1.165, 1.54) is 12.1 Å². The average Bonchev–Trinajstić information content (AvgIpc) is 2.90. The fraction of sp³-hybridized carbons (Fsp3) is 0.214. The summed E-state index contributed by atoms with van der Waals surface area (Å²) in [5, 5.41) is 0. The average molecular weight is 470 g/mol. The third kappa shape index (κ3) is 5.41. The number of carbonyl (C=O) groups excluding carboxylic acids is 2. The van der Waals surface area contributed by atoms with Crippen LogP contribution in [0.3, 0.4) is 0 Å². The number of fused-ring (bicyclic) bond motifs is 1. The molecular weight excluding hydrogens is 445 g/mol. The minimum Gasteiger partial charge on any atom is -0.378 e. The lowest BCUT2D eigenvalue weighted by molar-refractivity contribution is -0.117. The lowest BCUT2D eigenvalue weighted by Gasteiger charge is -2.27. The molecule has 0 bridgehead atoms. The van der Waals surface area contributed by atoms with E-state index in [9.17, 15) is 14.0 Å². The maximum Gasteiger partial charge on any atom is 0.193 e. The van der Waals surface area contributed by atoms with Gasteiger partial charge in [0.05, 0.1) is 30.4 Å². The third-order valence-corrected chi connectivity index (χ3v) is 6.06. The summed E-state index contributed by atoms with van der Waals surface area (Å²) in [6, 6.07) is 18.4. The van der Waals surface area contributed by atoms with Crippen LogP contribution in [0.2, 0.25) is 0 Å². The summed E-state index contributed by atoms with van der Waals surface area (Å²) < 4.78 is 18.4. The Balaban J connectivity index is 1.28. The van der Waals surface area contributed by atoms with Gasteiger partial charge in [-0.1, -0.05) is 36.4 Å². The van der Waals surface area contributed by atoms with Crippen LogP contribution in [-0.4, -0.2) is 47.8 Å². The van der Waals surface area contributed by atoms with Crippen LogP contribution >= 0.6 is 0 Å². The van der Waals surface area contributed by atoms with Gasteiger partial charge in [-0.3, -0.25) is 14.6 Å². The molecule has 6 nitrogen and oxygen atoms in total. The number of Topliss-reactive ketones (excluding diaryl/α,β-unsaturated/α-hetero) is 1. The number of ketones is 2. The standard InChI is InChI=1S/C28H24FN3O3/c29-23-8-3-20(4-9-23)16-24(33)15-19-1-5-21(6-2-19)28(34)22-7-10-25-26(17-22)31-27(18-30-25)32-11-13-35-14-12-32/h1-10,17-18H,11-16H2. The van der Waals surface area contributed by atoms with Crippen molar-refractivity contribution in [3.63, 3.8) is 0 Å². The lowest BCUT2D eigenvalue weighted by atomic mass is 9.98. The van der Waals surface area contributed by atoms with E-state index in [1.54, 1.807) is 60.8 Å². The van der Waals surface area contributed by atoms with E-state index in [-0.39, 0.29) is 30.2 Å². The molecule has 7 heteroatoms. The molecule has 0 N–H and O–H groups in total. The number of anilines is 1. The van der Waals surface area contributed by atoms with Gasteiger partial charge in [-0.2, -0.15) is 0 Å². The van der Waals surface area contributed by atoms with Crippen molar-refractivity contribution in [1.82, 2.24) is 9.97 Å². The normalized spacial score (nSPS) is 13.7. The summed E-state index contributed by atoms with van der Waals surface area (Å²) >= 11 is 0. The van der Waals surface area contributed by atoms with Gasteiger partial charge in [-0.25, -0.2) is 9.37 Å². The lowest BCUT2D eigenvalue weighted by Crippen LogP contribution is -2.36. The molecule has 0 aliphatic carbocycles. The van der Waals surface area contributed by atoms with Gasteiger partial charge >= 0.3 is 0 Å². The predicted molar refractivity (Wildman–Crippen MR) is 131 cm³/mol. The fourth-order valence-electron chi connectivity index (χ4n) is 4.15. The summed E-state index contributed by atoms with van der Waals surface area (Å²) in [5.41, 5.74) is 4.08. The first-order chi connectivity index (χ1) is 17.0. The Morgan fingerprint density at radius 1 is 0.829 bits per heavy atom. The second kappa shape index (κ2) is 10.1. The SMILES string of the molecule is O=C(Cc1ccc(F)cc1)Cc1ccc(C(=O)c2ccc3ncc(N4CCOCC4)nc3c2)cc1. The van der Waals surface area contributed by atoms with Crippen molar-refractivity contribution in [2.24, 2.45) is 0 Å². The van der Waals surface area contributed by atoms with Crippen molar-refractivity contribution >= 4 is 28.4 Å². The van der Waals surface area contributed by atoms with Crippen LogP contribution in [0.15, 0.2) is 72.9 Å². The molecule has 0 saturated carbocycles. The minimum atomic E-state index is -0.322. The maximum atomic E-state index is 13.1. The van der Waals surface area contributed by atoms with Crippen molar-refractivity contribution in [2.75, 3.05) is 31.2 Å². The van der Waals surface area contributed by atoms with Crippen LogP contribution in [0.25, 0.3) is 11.0 Å². The van der Waals surface area contributed by atoms with Gasteiger partial charge in [0, 0.05) is 37.1 Å². The summed E-state index contributed by atoms with van der Waals surface area (Å²) in [6.45, 7) is 2.84. The van der Waals surface area contributed by atoms with Gasteiger partial charge in [0.2, 0.25) is 0 Å². The van der Waals surface area contributed by atoms with Crippen LogP contribution in [0, 0.1) is 5.82 Å². The van der Waals surface area contributed by atoms with Crippen LogP contribution < -0.4 is 4.90 Å². The van der Waals surface area contributed by atoms with Crippen LogP contribution in [0.5, 0.6) is 0 Å². The number of aromatic nitrogens is 2. The quantitative estimate of drug-likeness (QED) is 0.378. The van der Waals surface area contributed by atoms with Gasteiger partial charge in [0.15, 0.2) is 5.78 Å². The summed E-state index contributed by atoms with van der Waals surface area (Å²) in [5.74, 6) is 0.368. The monoisotopic (exact) mass is 469 g/mol. The van der Waals surface area contributed by atoms with Crippen molar-refractivity contribution in [3.8, 4) is 0 Å². The first kappa shape index (κ1) is 22.8. The highest BCUT2D eigenvalue weighted by molar-refractivity contribution is 6.10. The second-order valence-corrected chi connectivity index (χ2v) is 8.58. The number of hydrogen-bond donors (Lipinski definition) is 0. The molecule has 0 amide bonds. The highest BCUT2D eigenvalue weighted by Crippen LogP contribution is 2.20. The Hall–Kier alpha value is -3.97. The maximum absolute atomic E-state index is 13.1. The highest BCUT2D eigenvalue weighted by atomic mass is 19.1. The molecule has 1 saturated heterocycles. The van der Waals surface area contributed by atoms with E-state index < -0.39 is 0 Å². The van der Waals surface area contributed by atoms with E-state index >= 15 is 0 Å². The smallest absolute Gasteiger partial charge is 0.193 e. The second-order valence-electron chi connectivity index (χ2n) is 8.58. The molecule has 3 aromatic carbocycles. The predicted octanol–water partition coefficient (Wildman–Crippen LogP) is 4.19. The number of carbonyl (C=O) groups is 2. The number of morpholine rings is 1. The van der Waals surface area contributed by atoms with Crippen molar-refractivity contribution in [3.05, 3.63) is 101 Å². The van der Waals surface area contributed by atoms with E-state index in [2.05, 4.69) is 9.88 Å². The molecule has 1 aliphatic heterocycles. The molecule has 4 aromatic rings. The fourth-order valence-corrected chi connectivity index (χ4v) is 4.15. The summed E-state index contributed by atoms with van der Waals surface area (Å²) in [4.78, 5) is 36.8. The molecule has 1 aliphatic rings. The Kier molecular flexibility index (Phi) is 6.59. The minimum absolute atomic E-state index is 0.0276. The van der Waals surface area contributed by atoms with Crippen LogP contribution in [-0.2, 0) is 22.4 Å². The summed E-state index contributed by atoms with van der Waals surface area (Å²) in [6.07, 6.45) is 2.25. The topological polar surface area (TPSA) is 72.4 Å². The van der Waals surface area contributed by atoms with Crippen molar-refractivity contribution < 1.29 is 18.7 Å². The Morgan fingerprint density at radius 3 is 2.14 bits per heavy atom. The molecule has 176 valence electrons. The van der Waals surface area contributed by atoms with E-state index in [4.69, 9.17) is 9.72 Å². The zero-order valence-corrected chi connectivity index (χ0v) is 19.1. The van der Waals surface area contributed by atoms with Gasteiger partial charge in [0.1, 0.15) is 17.4 Å². The summed E-state index contributed by atoms with van der Waals surface area (Å²) in [7, 11) is 0. The van der Waals surface area contributed by atoms with Crippen molar-refractivity contribution in [1.29, 1.82) is 0 Å². The molecule has 0 spiro atoms. The highest BCUT2D eigenvalue weighted by Gasteiger charge is 2.15. The number of halogens is 1. The van der Waals surface area contributed by atoms with E-state index in [0.717, 1.165) is 35.6 Å². The van der Waals surface area contributed by atoms with Crippen molar-refractivity contribution in [2.45, 2.75) is 12.8 Å². The Bertz CT molecular complexity index is 1360. The van der Waals surface area contributed by atoms with Gasteiger partial charge in [0.25, 0.3) is 0 Å². The molecular formula is C28H24FN3O3. The van der Waals surface area contributed by atoms with Crippen LogP contribution in [0.4, 0.5) is 10.2 Å². The number of hydrogen-bond acceptors (Lipinski definition) is 6. The Morgan fingerprint density at radius 2 is 1.46 bits per heavy atom. The zero-order chi connectivity index (χ0) is 24.2. The number of benzene rings is 3. The van der Waals surface area contributed by atoms with Gasteiger partial charge in [-0.15, -0.1) is 0 Å². The molecule has 0 atom stereocenters. The molecule has 0 unspecified atom stereocenters.